The molecule has 2 atom stereocenters. The quantitative estimate of drug-likeness (QED) is 0.463. The zero-order chi connectivity index (χ0) is 18.1. The lowest BCUT2D eigenvalue weighted by Crippen LogP contribution is -2.18. The minimum atomic E-state index is -0.563. The van der Waals surface area contributed by atoms with E-state index in [0.717, 1.165) is 21.3 Å². The SMILES string of the molecule is OC(CS)COc1ccc(Sc2ccc(OCC(O)CS)cc2)cc1. The molecule has 0 fully saturated rings. The summed E-state index contributed by atoms with van der Waals surface area (Å²) in [6, 6.07) is 15.4. The summed E-state index contributed by atoms with van der Waals surface area (Å²) in [6.07, 6.45) is -1.13. The van der Waals surface area contributed by atoms with Crippen LogP contribution in [-0.2, 0) is 0 Å². The van der Waals surface area contributed by atoms with Crippen molar-refractivity contribution in [2.45, 2.75) is 22.0 Å². The highest BCUT2D eigenvalue weighted by atomic mass is 32.2. The number of hydrogen-bond acceptors (Lipinski definition) is 7. The molecule has 2 aromatic rings. The van der Waals surface area contributed by atoms with E-state index < -0.39 is 12.2 Å². The lowest BCUT2D eigenvalue weighted by molar-refractivity contribution is 0.126. The number of thiol groups is 2. The van der Waals surface area contributed by atoms with Gasteiger partial charge in [-0.3, -0.25) is 0 Å². The first-order valence-electron chi connectivity index (χ1n) is 7.82. The van der Waals surface area contributed by atoms with Crippen molar-refractivity contribution in [3.05, 3.63) is 48.5 Å². The van der Waals surface area contributed by atoms with Crippen LogP contribution in [-0.4, -0.2) is 47.1 Å². The third kappa shape index (κ3) is 7.42. The fraction of sp³-hybridized carbons (Fsp3) is 0.333. The van der Waals surface area contributed by atoms with Gasteiger partial charge in [0.15, 0.2) is 0 Å². The predicted octanol–water partition coefficient (Wildman–Crippen LogP) is 3.18. The molecule has 2 aromatic carbocycles. The minimum Gasteiger partial charge on any atom is -0.491 e. The number of ether oxygens (including phenoxy) is 2. The summed E-state index contributed by atoms with van der Waals surface area (Å²) < 4.78 is 11.0. The van der Waals surface area contributed by atoms with Gasteiger partial charge in [0.25, 0.3) is 0 Å². The van der Waals surface area contributed by atoms with E-state index in [9.17, 15) is 10.2 Å². The Morgan fingerprint density at radius 1 is 0.720 bits per heavy atom. The summed E-state index contributed by atoms with van der Waals surface area (Å²) in [5.74, 6) is 2.19. The maximum absolute atomic E-state index is 9.44. The van der Waals surface area contributed by atoms with Gasteiger partial charge in [-0.25, -0.2) is 0 Å². The Morgan fingerprint density at radius 2 is 1.08 bits per heavy atom. The molecule has 0 heterocycles. The Labute approximate surface area is 163 Å². The standard InChI is InChI=1S/C18H22O4S3/c19-13(11-23)9-21-15-1-5-17(6-2-15)25-18-7-3-16(4-8-18)22-10-14(20)12-24/h1-8,13-14,19-20,23-24H,9-12H2. The van der Waals surface area contributed by atoms with Crippen LogP contribution in [0.3, 0.4) is 0 Å². The van der Waals surface area contributed by atoms with E-state index in [2.05, 4.69) is 25.3 Å². The van der Waals surface area contributed by atoms with Crippen molar-refractivity contribution >= 4 is 37.0 Å². The Morgan fingerprint density at radius 3 is 1.40 bits per heavy atom. The smallest absolute Gasteiger partial charge is 0.119 e. The van der Waals surface area contributed by atoms with Gasteiger partial charge in [0, 0.05) is 21.3 Å². The van der Waals surface area contributed by atoms with Crippen LogP contribution in [0.15, 0.2) is 58.3 Å². The molecule has 2 N–H and O–H groups in total. The number of hydrogen-bond donors (Lipinski definition) is 4. The molecule has 0 aliphatic rings. The average molecular weight is 399 g/mol. The third-order valence-corrected chi connectivity index (χ3v) is 5.05. The lowest BCUT2D eigenvalue weighted by atomic mass is 10.3. The first kappa shape index (κ1) is 20.3. The molecule has 0 aromatic heterocycles. The van der Waals surface area contributed by atoms with Crippen LogP contribution in [0.25, 0.3) is 0 Å². The van der Waals surface area contributed by atoms with Crippen molar-refractivity contribution in [3.63, 3.8) is 0 Å². The molecule has 0 aliphatic heterocycles. The van der Waals surface area contributed by atoms with Crippen LogP contribution in [0.2, 0.25) is 0 Å². The highest BCUT2D eigenvalue weighted by Crippen LogP contribution is 2.30. The van der Waals surface area contributed by atoms with E-state index in [-0.39, 0.29) is 13.2 Å². The summed E-state index contributed by atoms with van der Waals surface area (Å²) in [7, 11) is 0. The van der Waals surface area contributed by atoms with E-state index >= 15 is 0 Å². The van der Waals surface area contributed by atoms with Gasteiger partial charge in [0.2, 0.25) is 0 Å². The van der Waals surface area contributed by atoms with Gasteiger partial charge in [0.1, 0.15) is 24.7 Å². The van der Waals surface area contributed by atoms with Crippen molar-refractivity contribution in [1.29, 1.82) is 0 Å². The van der Waals surface area contributed by atoms with Crippen LogP contribution in [0.1, 0.15) is 0 Å². The molecule has 7 heteroatoms. The molecular formula is C18H22O4S3. The lowest BCUT2D eigenvalue weighted by Gasteiger charge is -2.11. The Hall–Kier alpha value is -0.990. The monoisotopic (exact) mass is 398 g/mol. The van der Waals surface area contributed by atoms with Crippen LogP contribution in [0, 0.1) is 0 Å². The molecule has 0 amide bonds. The zero-order valence-electron chi connectivity index (χ0n) is 13.6. The molecule has 0 bridgehead atoms. The third-order valence-electron chi connectivity index (χ3n) is 3.19. The maximum atomic E-state index is 9.44. The molecule has 2 rings (SSSR count). The average Bonchev–Trinajstić information content (AvgIpc) is 2.66. The first-order chi connectivity index (χ1) is 12.1. The first-order valence-corrected chi connectivity index (χ1v) is 9.90. The van der Waals surface area contributed by atoms with Crippen molar-refractivity contribution in [1.82, 2.24) is 0 Å². The van der Waals surface area contributed by atoms with Gasteiger partial charge >= 0.3 is 0 Å². The molecule has 2 unspecified atom stereocenters. The summed E-state index contributed by atoms with van der Waals surface area (Å²) >= 11 is 9.65. The Bertz CT molecular complexity index is 564. The second-order valence-electron chi connectivity index (χ2n) is 5.34. The molecule has 4 nitrogen and oxygen atoms in total. The largest absolute Gasteiger partial charge is 0.491 e. The Balaban J connectivity index is 1.85. The van der Waals surface area contributed by atoms with E-state index in [1.807, 2.05) is 48.5 Å². The summed E-state index contributed by atoms with van der Waals surface area (Å²) in [4.78, 5) is 2.17. The van der Waals surface area contributed by atoms with Crippen LogP contribution in [0.4, 0.5) is 0 Å². The number of benzene rings is 2. The fourth-order valence-corrected chi connectivity index (χ4v) is 2.86. The van der Waals surface area contributed by atoms with Crippen molar-refractivity contribution < 1.29 is 19.7 Å². The summed E-state index contributed by atoms with van der Waals surface area (Å²) in [5.41, 5.74) is 0. The van der Waals surface area contributed by atoms with Crippen molar-refractivity contribution in [2.24, 2.45) is 0 Å². The van der Waals surface area contributed by atoms with Crippen molar-refractivity contribution in [3.8, 4) is 11.5 Å². The molecule has 0 aliphatic carbocycles. The van der Waals surface area contributed by atoms with Crippen LogP contribution in [0.5, 0.6) is 11.5 Å². The van der Waals surface area contributed by atoms with Gasteiger partial charge < -0.3 is 19.7 Å². The molecular weight excluding hydrogens is 376 g/mol. The maximum Gasteiger partial charge on any atom is 0.119 e. The minimum absolute atomic E-state index is 0.235. The fourth-order valence-electron chi connectivity index (χ4n) is 1.83. The number of aliphatic hydroxyl groups is 2. The summed E-state index contributed by atoms with van der Waals surface area (Å²) in [5, 5.41) is 18.9. The topological polar surface area (TPSA) is 58.9 Å². The molecule has 136 valence electrons. The van der Waals surface area contributed by atoms with Gasteiger partial charge in [-0.05, 0) is 48.5 Å². The second kappa shape index (κ2) is 10.9. The Kier molecular flexibility index (Phi) is 8.84. The zero-order valence-corrected chi connectivity index (χ0v) is 16.2. The van der Waals surface area contributed by atoms with Gasteiger partial charge in [-0.2, -0.15) is 25.3 Å². The van der Waals surface area contributed by atoms with Gasteiger partial charge in [-0.15, -0.1) is 0 Å². The molecule has 0 radical (unpaired) electrons. The number of rotatable bonds is 10. The molecule has 0 spiro atoms. The molecule has 0 saturated heterocycles. The van der Waals surface area contributed by atoms with E-state index in [4.69, 9.17) is 9.47 Å². The molecule has 0 saturated carbocycles. The van der Waals surface area contributed by atoms with Gasteiger partial charge in [0.05, 0.1) is 12.2 Å². The van der Waals surface area contributed by atoms with E-state index in [1.165, 1.54) is 0 Å². The van der Waals surface area contributed by atoms with Gasteiger partial charge in [-0.1, -0.05) is 11.8 Å². The van der Waals surface area contributed by atoms with E-state index in [0.29, 0.717) is 11.5 Å². The van der Waals surface area contributed by atoms with Crippen molar-refractivity contribution in [2.75, 3.05) is 24.7 Å². The highest BCUT2D eigenvalue weighted by Gasteiger charge is 2.05. The second-order valence-corrected chi connectivity index (χ2v) is 7.22. The molecule has 25 heavy (non-hydrogen) atoms. The van der Waals surface area contributed by atoms with Crippen LogP contribution < -0.4 is 9.47 Å². The number of aliphatic hydroxyl groups excluding tert-OH is 2. The normalized spacial score (nSPS) is 13.3. The van der Waals surface area contributed by atoms with Crippen LogP contribution >= 0.6 is 37.0 Å². The van der Waals surface area contributed by atoms with E-state index in [1.54, 1.807) is 11.8 Å². The summed E-state index contributed by atoms with van der Waals surface area (Å²) in [6.45, 7) is 0.471. The predicted molar refractivity (Wildman–Crippen MR) is 108 cm³/mol. The highest BCUT2D eigenvalue weighted by molar-refractivity contribution is 7.99.